The van der Waals surface area contributed by atoms with Crippen molar-refractivity contribution in [3.63, 3.8) is 0 Å². The third kappa shape index (κ3) is 8.19. The Morgan fingerprint density at radius 3 is 1.91 bits per heavy atom. The maximum absolute atomic E-state index is 5.80. The predicted molar refractivity (Wildman–Crippen MR) is 98.9 cm³/mol. The van der Waals surface area contributed by atoms with E-state index in [4.69, 9.17) is 4.74 Å². The second-order valence-corrected chi connectivity index (χ2v) is 5.94. The van der Waals surface area contributed by atoms with Gasteiger partial charge >= 0.3 is 0 Å². The summed E-state index contributed by atoms with van der Waals surface area (Å²) in [6, 6.07) is 6.35. The van der Waals surface area contributed by atoms with E-state index in [0.29, 0.717) is 6.61 Å². The molecule has 0 aromatic heterocycles. The van der Waals surface area contributed by atoms with E-state index < -0.39 is 0 Å². The molecule has 0 amide bonds. The highest BCUT2D eigenvalue weighted by Gasteiger charge is 1.98. The molecule has 1 nitrogen and oxygen atoms in total. The zero-order chi connectivity index (χ0) is 16.0. The van der Waals surface area contributed by atoms with Gasteiger partial charge in [0.25, 0.3) is 0 Å². The number of rotatable bonds is 13. The smallest absolute Gasteiger partial charge is 0.0717 e. The van der Waals surface area contributed by atoms with E-state index in [9.17, 15) is 0 Å². The first kappa shape index (κ1) is 18.7. The lowest BCUT2D eigenvalue weighted by atomic mass is 10.1. The minimum absolute atomic E-state index is 0.680. The highest BCUT2D eigenvalue weighted by atomic mass is 16.5. The van der Waals surface area contributed by atoms with Gasteiger partial charge in [-0.15, -0.1) is 0 Å². The van der Waals surface area contributed by atoms with Gasteiger partial charge in [0.2, 0.25) is 0 Å². The fourth-order valence-electron chi connectivity index (χ4n) is 2.59. The molecule has 0 radical (unpaired) electrons. The Balaban J connectivity index is 2.12. The quantitative estimate of drug-likeness (QED) is 0.371. The Morgan fingerprint density at radius 2 is 1.36 bits per heavy atom. The van der Waals surface area contributed by atoms with Crippen molar-refractivity contribution in [1.82, 2.24) is 0 Å². The van der Waals surface area contributed by atoms with Crippen LogP contribution in [0.25, 0.3) is 12.2 Å². The van der Waals surface area contributed by atoms with Gasteiger partial charge in [-0.2, -0.15) is 0 Å². The highest BCUT2D eigenvalue weighted by molar-refractivity contribution is 5.57. The van der Waals surface area contributed by atoms with Crippen LogP contribution in [0, 0.1) is 0 Å². The molecule has 0 aliphatic carbocycles. The molecule has 1 aromatic rings. The zero-order valence-electron chi connectivity index (χ0n) is 14.3. The molecule has 0 aliphatic rings. The number of hydrogen-bond donors (Lipinski definition) is 0. The Kier molecular flexibility index (Phi) is 10.4. The van der Waals surface area contributed by atoms with Gasteiger partial charge in [0.1, 0.15) is 0 Å². The maximum Gasteiger partial charge on any atom is 0.0717 e. The molecule has 22 heavy (non-hydrogen) atoms. The van der Waals surface area contributed by atoms with Crippen LogP contribution in [-0.4, -0.2) is 6.61 Å². The summed E-state index contributed by atoms with van der Waals surface area (Å²) in [6.45, 7) is 11.5. The first-order chi connectivity index (χ1) is 10.8. The lowest BCUT2D eigenvalue weighted by Crippen LogP contribution is -1.96. The third-order valence-corrected chi connectivity index (χ3v) is 3.92. The van der Waals surface area contributed by atoms with Crippen molar-refractivity contribution in [1.29, 1.82) is 0 Å². The Labute approximate surface area is 137 Å². The zero-order valence-corrected chi connectivity index (χ0v) is 14.3. The van der Waals surface area contributed by atoms with E-state index in [0.717, 1.165) is 17.7 Å². The van der Waals surface area contributed by atoms with E-state index in [1.165, 1.54) is 56.9 Å². The molecule has 1 aromatic carbocycles. The summed E-state index contributed by atoms with van der Waals surface area (Å²) in [5, 5.41) is 0. The average Bonchev–Trinajstić information content (AvgIpc) is 2.56. The van der Waals surface area contributed by atoms with Gasteiger partial charge in [0, 0.05) is 6.61 Å². The number of ether oxygens (including phenoxy) is 1. The second kappa shape index (κ2) is 12.2. The Hall–Kier alpha value is -1.34. The molecule has 122 valence electrons. The van der Waals surface area contributed by atoms with Crippen LogP contribution < -0.4 is 0 Å². The van der Waals surface area contributed by atoms with Crippen LogP contribution in [0.1, 0.15) is 75.0 Å². The van der Waals surface area contributed by atoms with E-state index in [2.05, 4.69) is 38.3 Å². The molecule has 0 aliphatic heterocycles. The summed E-state index contributed by atoms with van der Waals surface area (Å²) in [5.41, 5.74) is 3.46. The van der Waals surface area contributed by atoms with Crippen molar-refractivity contribution in [2.45, 2.75) is 64.9 Å². The predicted octanol–water partition coefficient (Wildman–Crippen LogP) is 6.63. The molecular formula is C21H32O. The van der Waals surface area contributed by atoms with Crippen LogP contribution in [0.5, 0.6) is 0 Å². The van der Waals surface area contributed by atoms with Gasteiger partial charge in [-0.1, -0.05) is 77.2 Å². The van der Waals surface area contributed by atoms with Crippen molar-refractivity contribution in [2.75, 3.05) is 6.61 Å². The van der Waals surface area contributed by atoms with Crippen LogP contribution in [0.15, 0.2) is 31.4 Å². The van der Waals surface area contributed by atoms with Crippen molar-refractivity contribution in [2.24, 2.45) is 0 Å². The van der Waals surface area contributed by atoms with Gasteiger partial charge in [-0.25, -0.2) is 0 Å². The summed E-state index contributed by atoms with van der Waals surface area (Å²) >= 11 is 0. The molecule has 0 saturated heterocycles. The molecule has 0 atom stereocenters. The van der Waals surface area contributed by atoms with Crippen molar-refractivity contribution >= 4 is 12.2 Å². The normalized spacial score (nSPS) is 10.6. The number of hydrogen-bond acceptors (Lipinski definition) is 1. The van der Waals surface area contributed by atoms with Gasteiger partial charge in [-0.3, -0.25) is 0 Å². The average molecular weight is 300 g/mol. The van der Waals surface area contributed by atoms with Crippen molar-refractivity contribution in [3.05, 3.63) is 48.0 Å². The molecule has 0 heterocycles. The molecular weight excluding hydrogens is 268 g/mol. The van der Waals surface area contributed by atoms with Crippen LogP contribution in [0.4, 0.5) is 0 Å². The third-order valence-electron chi connectivity index (χ3n) is 3.92. The Bertz CT molecular complexity index is 407. The lowest BCUT2D eigenvalue weighted by Gasteiger charge is -2.07. The van der Waals surface area contributed by atoms with E-state index in [1.807, 2.05) is 12.2 Å². The van der Waals surface area contributed by atoms with E-state index >= 15 is 0 Å². The summed E-state index contributed by atoms with van der Waals surface area (Å²) in [4.78, 5) is 0. The summed E-state index contributed by atoms with van der Waals surface area (Å²) < 4.78 is 5.80. The SMILES string of the molecule is C=Cc1cc(C=C)cc(COCCCCCCCCCC)c1. The first-order valence-electron chi connectivity index (χ1n) is 8.76. The first-order valence-corrected chi connectivity index (χ1v) is 8.76. The molecule has 0 unspecified atom stereocenters. The maximum atomic E-state index is 5.80. The summed E-state index contributed by atoms with van der Waals surface area (Å²) in [6.07, 6.45) is 14.4. The number of benzene rings is 1. The molecule has 0 saturated carbocycles. The second-order valence-electron chi connectivity index (χ2n) is 5.94. The van der Waals surface area contributed by atoms with Crippen molar-refractivity contribution in [3.8, 4) is 0 Å². The molecule has 1 rings (SSSR count). The Morgan fingerprint density at radius 1 is 0.818 bits per heavy atom. The lowest BCUT2D eigenvalue weighted by molar-refractivity contribution is 0.116. The van der Waals surface area contributed by atoms with Gasteiger partial charge in [0.05, 0.1) is 6.61 Å². The minimum Gasteiger partial charge on any atom is -0.377 e. The van der Waals surface area contributed by atoms with Gasteiger partial charge < -0.3 is 4.74 Å². The van der Waals surface area contributed by atoms with Crippen LogP contribution in [0.2, 0.25) is 0 Å². The van der Waals surface area contributed by atoms with E-state index in [1.54, 1.807) is 0 Å². The van der Waals surface area contributed by atoms with Crippen molar-refractivity contribution < 1.29 is 4.74 Å². The fourth-order valence-corrected chi connectivity index (χ4v) is 2.59. The van der Waals surface area contributed by atoms with Crippen LogP contribution in [0.3, 0.4) is 0 Å². The largest absolute Gasteiger partial charge is 0.377 e. The summed E-state index contributed by atoms with van der Waals surface area (Å²) in [5.74, 6) is 0. The molecule has 0 spiro atoms. The fraction of sp³-hybridized carbons (Fsp3) is 0.524. The standard InChI is InChI=1S/C21H32O/c1-4-7-8-9-10-11-12-13-14-22-18-21-16-19(5-2)15-20(6-3)17-21/h5-6,15-17H,2-4,7-14,18H2,1H3. The molecule has 0 N–H and O–H groups in total. The minimum atomic E-state index is 0.680. The van der Waals surface area contributed by atoms with Crippen LogP contribution in [-0.2, 0) is 11.3 Å². The topological polar surface area (TPSA) is 9.23 Å². The van der Waals surface area contributed by atoms with Gasteiger partial charge in [0.15, 0.2) is 0 Å². The van der Waals surface area contributed by atoms with E-state index in [-0.39, 0.29) is 0 Å². The van der Waals surface area contributed by atoms with Gasteiger partial charge in [-0.05, 0) is 41.3 Å². The summed E-state index contributed by atoms with van der Waals surface area (Å²) in [7, 11) is 0. The van der Waals surface area contributed by atoms with Crippen LogP contribution >= 0.6 is 0 Å². The monoisotopic (exact) mass is 300 g/mol. The molecule has 1 heteroatoms. The molecule has 0 fully saturated rings. The number of unbranched alkanes of at least 4 members (excludes halogenated alkanes) is 7. The highest BCUT2D eigenvalue weighted by Crippen LogP contribution is 2.14. The molecule has 0 bridgehead atoms.